The zero-order chi connectivity index (χ0) is 18.4. The minimum Gasteiger partial charge on any atom is -0.507 e. The van der Waals surface area contributed by atoms with Crippen molar-refractivity contribution in [2.24, 2.45) is 0 Å². The van der Waals surface area contributed by atoms with Crippen LogP contribution in [-0.4, -0.2) is 31.7 Å². The maximum absolute atomic E-state index is 12.5. The highest BCUT2D eigenvalue weighted by atomic mass is 16.5. The van der Waals surface area contributed by atoms with Crippen LogP contribution < -0.4 is 14.2 Å². The van der Waals surface area contributed by atoms with Crippen molar-refractivity contribution in [2.45, 2.75) is 13.8 Å². The van der Waals surface area contributed by atoms with Crippen molar-refractivity contribution in [1.82, 2.24) is 0 Å². The van der Waals surface area contributed by atoms with E-state index >= 15 is 0 Å². The third-order valence-electron chi connectivity index (χ3n) is 3.77. The van der Waals surface area contributed by atoms with E-state index in [0.717, 1.165) is 11.3 Å². The Morgan fingerprint density at radius 3 is 2.32 bits per heavy atom. The summed E-state index contributed by atoms with van der Waals surface area (Å²) in [6.45, 7) is 4.20. The zero-order valence-electron chi connectivity index (χ0n) is 14.8. The summed E-state index contributed by atoms with van der Waals surface area (Å²) in [6, 6.07) is 8.97. The molecule has 0 aliphatic heterocycles. The molecule has 132 valence electrons. The van der Waals surface area contributed by atoms with E-state index in [2.05, 4.69) is 0 Å². The summed E-state index contributed by atoms with van der Waals surface area (Å²) < 4.78 is 15.8. The van der Waals surface area contributed by atoms with Crippen molar-refractivity contribution in [1.29, 1.82) is 0 Å². The highest BCUT2D eigenvalue weighted by molar-refractivity contribution is 6.11. The SMILES string of the molecule is CCOc1ccc(/C=C/C(=O)c2c(OC)cc(OC)c(C)c2O)cc1. The molecule has 5 nitrogen and oxygen atoms in total. The van der Waals surface area contributed by atoms with Gasteiger partial charge >= 0.3 is 0 Å². The first-order valence-corrected chi connectivity index (χ1v) is 7.91. The number of benzene rings is 2. The molecule has 0 aliphatic rings. The molecular weight excluding hydrogens is 320 g/mol. The third kappa shape index (κ3) is 4.12. The Kier molecular flexibility index (Phi) is 6.06. The lowest BCUT2D eigenvalue weighted by Crippen LogP contribution is -2.02. The van der Waals surface area contributed by atoms with Crippen molar-refractivity contribution in [3.63, 3.8) is 0 Å². The van der Waals surface area contributed by atoms with Gasteiger partial charge in [0, 0.05) is 11.6 Å². The Labute approximate surface area is 147 Å². The lowest BCUT2D eigenvalue weighted by atomic mass is 10.0. The molecule has 0 heterocycles. The normalized spacial score (nSPS) is 10.7. The maximum atomic E-state index is 12.5. The number of ether oxygens (including phenoxy) is 3. The molecule has 0 amide bonds. The van der Waals surface area contributed by atoms with E-state index in [1.165, 1.54) is 20.3 Å². The van der Waals surface area contributed by atoms with Gasteiger partial charge in [0.1, 0.15) is 28.6 Å². The first-order valence-electron chi connectivity index (χ1n) is 7.91. The molecule has 1 N–H and O–H groups in total. The number of rotatable bonds is 7. The monoisotopic (exact) mass is 342 g/mol. The minimum absolute atomic E-state index is 0.114. The summed E-state index contributed by atoms with van der Waals surface area (Å²) in [6.07, 6.45) is 3.08. The fraction of sp³-hybridized carbons (Fsp3) is 0.250. The van der Waals surface area contributed by atoms with Crippen LogP contribution in [0.1, 0.15) is 28.4 Å². The molecular formula is C20H22O5. The number of phenols is 1. The Morgan fingerprint density at radius 1 is 1.12 bits per heavy atom. The Balaban J connectivity index is 2.29. The van der Waals surface area contributed by atoms with Crippen molar-refractivity contribution in [3.05, 3.63) is 53.1 Å². The van der Waals surface area contributed by atoms with Gasteiger partial charge in [0.25, 0.3) is 0 Å². The molecule has 2 rings (SSSR count). The highest BCUT2D eigenvalue weighted by Crippen LogP contribution is 2.38. The summed E-state index contributed by atoms with van der Waals surface area (Å²) >= 11 is 0. The van der Waals surface area contributed by atoms with E-state index in [-0.39, 0.29) is 22.8 Å². The van der Waals surface area contributed by atoms with E-state index in [9.17, 15) is 9.90 Å². The van der Waals surface area contributed by atoms with Gasteiger partial charge in [-0.25, -0.2) is 0 Å². The lowest BCUT2D eigenvalue weighted by Gasteiger charge is -2.13. The fourth-order valence-corrected chi connectivity index (χ4v) is 2.43. The van der Waals surface area contributed by atoms with Gasteiger partial charge in [0.15, 0.2) is 5.78 Å². The van der Waals surface area contributed by atoms with Crippen LogP contribution in [0.2, 0.25) is 0 Å². The zero-order valence-corrected chi connectivity index (χ0v) is 14.8. The summed E-state index contributed by atoms with van der Waals surface area (Å²) in [5.74, 6) is 1.00. The number of hydrogen-bond donors (Lipinski definition) is 1. The molecule has 0 bridgehead atoms. The number of allylic oxidation sites excluding steroid dienone is 1. The highest BCUT2D eigenvalue weighted by Gasteiger charge is 2.20. The van der Waals surface area contributed by atoms with Crippen LogP contribution in [0.15, 0.2) is 36.4 Å². The molecule has 0 unspecified atom stereocenters. The second kappa shape index (κ2) is 8.24. The number of carbonyl (C=O) groups excluding carboxylic acids is 1. The van der Waals surface area contributed by atoms with Crippen LogP contribution in [0.3, 0.4) is 0 Å². The van der Waals surface area contributed by atoms with Gasteiger partial charge in [-0.05, 0) is 37.6 Å². The van der Waals surface area contributed by atoms with E-state index in [4.69, 9.17) is 14.2 Å². The number of phenolic OH excluding ortho intramolecular Hbond substituents is 1. The number of ketones is 1. The second-order valence-electron chi connectivity index (χ2n) is 5.33. The van der Waals surface area contributed by atoms with Gasteiger partial charge in [0.2, 0.25) is 0 Å². The topological polar surface area (TPSA) is 65.0 Å². The van der Waals surface area contributed by atoms with Crippen molar-refractivity contribution < 1.29 is 24.1 Å². The smallest absolute Gasteiger partial charge is 0.193 e. The molecule has 0 saturated carbocycles. The van der Waals surface area contributed by atoms with Crippen LogP contribution in [-0.2, 0) is 0 Å². The van der Waals surface area contributed by atoms with Gasteiger partial charge in [-0.3, -0.25) is 4.79 Å². The first kappa shape index (κ1) is 18.4. The molecule has 0 aromatic heterocycles. The first-order chi connectivity index (χ1) is 12.0. The largest absolute Gasteiger partial charge is 0.507 e. The van der Waals surface area contributed by atoms with Gasteiger partial charge in [-0.2, -0.15) is 0 Å². The van der Waals surface area contributed by atoms with Gasteiger partial charge in [0.05, 0.1) is 20.8 Å². The van der Waals surface area contributed by atoms with Gasteiger partial charge in [-0.1, -0.05) is 18.2 Å². The van der Waals surface area contributed by atoms with Crippen LogP contribution in [0.4, 0.5) is 0 Å². The van der Waals surface area contributed by atoms with E-state index in [0.29, 0.717) is 17.9 Å². The fourth-order valence-electron chi connectivity index (χ4n) is 2.43. The lowest BCUT2D eigenvalue weighted by molar-refractivity contribution is 0.104. The van der Waals surface area contributed by atoms with Crippen LogP contribution in [0, 0.1) is 6.92 Å². The number of hydrogen-bond acceptors (Lipinski definition) is 5. The number of carbonyl (C=O) groups is 1. The van der Waals surface area contributed by atoms with Crippen LogP contribution in [0.5, 0.6) is 23.0 Å². The predicted molar refractivity (Wildman–Crippen MR) is 96.9 cm³/mol. The molecule has 5 heteroatoms. The molecule has 0 spiro atoms. The van der Waals surface area contributed by atoms with Crippen LogP contribution >= 0.6 is 0 Å². The van der Waals surface area contributed by atoms with Gasteiger partial charge in [-0.15, -0.1) is 0 Å². The maximum Gasteiger partial charge on any atom is 0.193 e. The summed E-state index contributed by atoms with van der Waals surface area (Å²) in [5, 5.41) is 10.4. The molecule has 0 radical (unpaired) electrons. The molecule has 2 aromatic carbocycles. The quantitative estimate of drug-likeness (QED) is 0.608. The summed E-state index contributed by atoms with van der Waals surface area (Å²) in [7, 11) is 2.94. The average Bonchev–Trinajstić information content (AvgIpc) is 2.63. The summed E-state index contributed by atoms with van der Waals surface area (Å²) in [5.41, 5.74) is 1.45. The van der Waals surface area contributed by atoms with E-state index in [1.807, 2.05) is 31.2 Å². The van der Waals surface area contributed by atoms with E-state index < -0.39 is 0 Å². The molecule has 25 heavy (non-hydrogen) atoms. The standard InChI is InChI=1S/C20H22O5/c1-5-25-15-9-6-14(7-10-15)8-11-16(21)19-18(24-4)12-17(23-3)13(2)20(19)22/h6-12,22H,5H2,1-4H3/b11-8+. The average molecular weight is 342 g/mol. The number of aromatic hydroxyl groups is 1. The predicted octanol–water partition coefficient (Wildman–Crippen LogP) is 4.01. The molecule has 2 aromatic rings. The van der Waals surface area contributed by atoms with Crippen molar-refractivity contribution in [3.8, 4) is 23.0 Å². The van der Waals surface area contributed by atoms with E-state index in [1.54, 1.807) is 19.1 Å². The Bertz CT molecular complexity index is 776. The van der Waals surface area contributed by atoms with Crippen molar-refractivity contribution in [2.75, 3.05) is 20.8 Å². The second-order valence-corrected chi connectivity index (χ2v) is 5.33. The summed E-state index contributed by atoms with van der Waals surface area (Å²) in [4.78, 5) is 12.5. The van der Waals surface area contributed by atoms with Crippen LogP contribution in [0.25, 0.3) is 6.08 Å². The van der Waals surface area contributed by atoms with Gasteiger partial charge < -0.3 is 19.3 Å². The van der Waals surface area contributed by atoms with Crippen molar-refractivity contribution >= 4 is 11.9 Å². The molecule has 0 atom stereocenters. The molecule has 0 saturated heterocycles. The third-order valence-corrected chi connectivity index (χ3v) is 3.77. The Morgan fingerprint density at radius 2 is 1.76 bits per heavy atom. The molecule has 0 aliphatic carbocycles. The molecule has 0 fully saturated rings. The number of methoxy groups -OCH3 is 2. The minimum atomic E-state index is -0.353. The Hall–Kier alpha value is -2.95.